The van der Waals surface area contributed by atoms with E-state index >= 15 is 0 Å². The summed E-state index contributed by atoms with van der Waals surface area (Å²) in [5, 5.41) is 13.1. The summed E-state index contributed by atoms with van der Waals surface area (Å²) in [5.41, 5.74) is -3.50. The molecule has 270 valence electrons. The van der Waals surface area contributed by atoms with Crippen molar-refractivity contribution in [2.45, 2.75) is 172 Å². The first kappa shape index (κ1) is 41.3. The van der Waals surface area contributed by atoms with Crippen molar-refractivity contribution in [3.63, 3.8) is 0 Å². The number of aliphatic hydroxyl groups excluding tert-OH is 1. The van der Waals surface area contributed by atoms with Crippen molar-refractivity contribution < 1.29 is 32.5 Å². The number of allylic oxidation sites excluding steroid dienone is 2. The van der Waals surface area contributed by atoms with Gasteiger partial charge < -0.3 is 19.9 Å². The fourth-order valence-electron chi connectivity index (χ4n) is 6.66. The maximum atomic E-state index is 14.2. The topological polar surface area (TPSA) is 67.8 Å². The molecule has 8 heteroatoms. The number of halogens is 3. The number of carbonyl (C=O) groups is 1. The van der Waals surface area contributed by atoms with Crippen molar-refractivity contribution in [3.8, 4) is 0 Å². The van der Waals surface area contributed by atoms with Gasteiger partial charge in [-0.3, -0.25) is 4.79 Å². The third kappa shape index (κ3) is 14.6. The normalized spacial score (nSPS) is 20.4. The molecule has 1 fully saturated rings. The van der Waals surface area contributed by atoms with Gasteiger partial charge in [0, 0.05) is 12.7 Å². The smallest absolute Gasteiger partial charge is 0.388 e. The van der Waals surface area contributed by atoms with Crippen LogP contribution in [0.4, 0.5) is 13.2 Å². The summed E-state index contributed by atoms with van der Waals surface area (Å²) in [7, 11) is 0.863. The number of carbonyl (C=O) groups excluding carboxylic acids is 1. The number of rotatable bonds is 26. The predicted molar refractivity (Wildman–Crippen MR) is 185 cm³/mol. The number of unbranched alkanes of at least 4 members (excludes halogenated alkanes) is 14. The van der Waals surface area contributed by atoms with Gasteiger partial charge in [0.25, 0.3) is 11.5 Å². The highest BCUT2D eigenvalue weighted by Crippen LogP contribution is 2.42. The largest absolute Gasteiger partial charge is 0.430 e. The van der Waals surface area contributed by atoms with Gasteiger partial charge in [-0.1, -0.05) is 153 Å². The number of ether oxygens (including phenoxy) is 2. The fourth-order valence-corrected chi connectivity index (χ4v) is 6.66. The predicted octanol–water partition coefficient (Wildman–Crippen LogP) is 10.3. The highest BCUT2D eigenvalue weighted by Gasteiger charge is 2.63. The van der Waals surface area contributed by atoms with Gasteiger partial charge in [-0.15, -0.1) is 0 Å². The van der Waals surface area contributed by atoms with E-state index in [0.717, 1.165) is 51.6 Å². The van der Waals surface area contributed by atoms with Crippen LogP contribution >= 0.6 is 0 Å². The molecule has 47 heavy (non-hydrogen) atoms. The van der Waals surface area contributed by atoms with Crippen molar-refractivity contribution >= 4 is 5.91 Å². The number of amides is 1. The molecule has 0 bridgehead atoms. The third-order valence-corrected chi connectivity index (χ3v) is 9.70. The average Bonchev–Trinajstić information content (AvgIpc) is 3.39. The summed E-state index contributed by atoms with van der Waals surface area (Å²) in [6, 6.07) is 5.88. The highest BCUT2D eigenvalue weighted by molar-refractivity contribution is 5.88. The summed E-state index contributed by atoms with van der Waals surface area (Å²) in [4.78, 5) is 13.0. The summed E-state index contributed by atoms with van der Waals surface area (Å²) in [6.45, 7) is 4.65. The van der Waals surface area contributed by atoms with Crippen LogP contribution in [0, 0.1) is 5.92 Å². The van der Waals surface area contributed by atoms with E-state index < -0.39 is 35.9 Å². The highest BCUT2D eigenvalue weighted by atomic mass is 19.4. The fraction of sp³-hybridized carbons (Fsp3) is 0.769. The molecular weight excluding hydrogens is 603 g/mol. The van der Waals surface area contributed by atoms with Crippen LogP contribution in [-0.4, -0.2) is 49.2 Å². The molecule has 1 heterocycles. The summed E-state index contributed by atoms with van der Waals surface area (Å²) < 4.78 is 53.0. The van der Waals surface area contributed by atoms with E-state index in [1.807, 2.05) is 0 Å². The Balaban J connectivity index is 1.50. The zero-order valence-corrected chi connectivity index (χ0v) is 29.5. The Labute approximate surface area is 283 Å². The second kappa shape index (κ2) is 23.5. The minimum absolute atomic E-state index is 0.0482. The van der Waals surface area contributed by atoms with Crippen LogP contribution in [0.3, 0.4) is 0 Å². The van der Waals surface area contributed by atoms with E-state index in [1.165, 1.54) is 108 Å². The molecule has 5 nitrogen and oxygen atoms in total. The second-order valence-electron chi connectivity index (χ2n) is 13.7. The van der Waals surface area contributed by atoms with Crippen LogP contribution in [0.1, 0.15) is 148 Å². The number of hydrogen-bond acceptors (Lipinski definition) is 4. The van der Waals surface area contributed by atoms with Gasteiger partial charge in [0.05, 0.1) is 18.8 Å². The van der Waals surface area contributed by atoms with Crippen molar-refractivity contribution in [1.82, 2.24) is 5.32 Å². The molecule has 0 aliphatic carbocycles. The summed E-state index contributed by atoms with van der Waals surface area (Å²) >= 11 is 0. The molecule has 5 atom stereocenters. The van der Waals surface area contributed by atoms with Gasteiger partial charge >= 0.3 is 6.18 Å². The van der Waals surface area contributed by atoms with E-state index in [1.54, 1.807) is 6.07 Å². The van der Waals surface area contributed by atoms with Gasteiger partial charge in [0.1, 0.15) is 6.10 Å². The van der Waals surface area contributed by atoms with Gasteiger partial charge in [-0.05, 0) is 38.0 Å². The van der Waals surface area contributed by atoms with E-state index in [9.17, 15) is 23.1 Å². The van der Waals surface area contributed by atoms with Crippen LogP contribution in [0.25, 0.3) is 0 Å². The second-order valence-corrected chi connectivity index (χ2v) is 13.7. The molecule has 2 N–H and O–H groups in total. The molecule has 1 saturated heterocycles. The number of hydrogen-bond donors (Lipinski definition) is 2. The third-order valence-electron chi connectivity index (χ3n) is 9.70. The van der Waals surface area contributed by atoms with Gasteiger partial charge in [0.15, 0.2) is 0 Å². The van der Waals surface area contributed by atoms with E-state index in [4.69, 9.17) is 9.47 Å². The molecule has 0 saturated carbocycles. The van der Waals surface area contributed by atoms with E-state index in [0.29, 0.717) is 6.42 Å². The molecule has 0 aromatic heterocycles. The Bertz CT molecular complexity index is 973. The van der Waals surface area contributed by atoms with Crippen molar-refractivity contribution in [2.75, 3.05) is 13.7 Å². The Hall–Kier alpha value is -1.90. The molecule has 1 unspecified atom stereocenters. The minimum Gasteiger partial charge on any atom is -0.388 e. The summed E-state index contributed by atoms with van der Waals surface area (Å²) in [5.74, 6) is -0.472. The lowest BCUT2D eigenvalue weighted by Crippen LogP contribution is -2.59. The maximum absolute atomic E-state index is 14.2. The van der Waals surface area contributed by atoms with Crippen LogP contribution in [0.5, 0.6) is 0 Å². The van der Waals surface area contributed by atoms with Gasteiger partial charge in [-0.2, -0.15) is 13.2 Å². The zero-order valence-electron chi connectivity index (χ0n) is 29.5. The van der Waals surface area contributed by atoms with Gasteiger partial charge in [0.2, 0.25) is 0 Å². The van der Waals surface area contributed by atoms with Crippen molar-refractivity contribution in [2.24, 2.45) is 5.92 Å². The zero-order chi connectivity index (χ0) is 34.4. The molecule has 1 aliphatic heterocycles. The van der Waals surface area contributed by atoms with E-state index in [-0.39, 0.29) is 12.2 Å². The first-order chi connectivity index (χ1) is 22.7. The first-order valence-electron chi connectivity index (χ1n) is 18.6. The average molecular weight is 668 g/mol. The number of methoxy groups -OCH3 is 1. The van der Waals surface area contributed by atoms with Crippen LogP contribution in [0.15, 0.2) is 42.5 Å². The Morgan fingerprint density at radius 3 is 1.98 bits per heavy atom. The van der Waals surface area contributed by atoms with Crippen LogP contribution in [0.2, 0.25) is 0 Å². The lowest BCUT2D eigenvalue weighted by molar-refractivity contribution is -0.266. The first-order valence-corrected chi connectivity index (χ1v) is 18.6. The quantitative estimate of drug-likeness (QED) is 0.0762. The molecule has 0 radical (unpaired) electrons. The number of aliphatic hydroxyl groups is 1. The number of benzene rings is 1. The Kier molecular flexibility index (Phi) is 20.6. The molecule has 0 spiro atoms. The van der Waals surface area contributed by atoms with Crippen LogP contribution < -0.4 is 5.32 Å². The Morgan fingerprint density at radius 1 is 0.894 bits per heavy atom. The van der Waals surface area contributed by atoms with E-state index in [2.05, 4.69) is 31.3 Å². The summed E-state index contributed by atoms with van der Waals surface area (Å²) in [6.07, 6.45) is 22.6. The maximum Gasteiger partial charge on any atom is 0.430 e. The lowest BCUT2D eigenvalue weighted by Gasteiger charge is -2.34. The molecule has 1 aromatic carbocycles. The van der Waals surface area contributed by atoms with Crippen molar-refractivity contribution in [3.05, 3.63) is 48.0 Å². The molecular formula is C39H64F3NO4. The number of alkyl halides is 3. The Morgan fingerprint density at radius 2 is 1.43 bits per heavy atom. The molecule has 2 rings (SSSR count). The van der Waals surface area contributed by atoms with Crippen LogP contribution in [-0.2, 0) is 19.9 Å². The standard InChI is InChI=1S/C39H64F3NO4/c1-4-5-6-17-21-26-32(2)27-22-18-15-13-11-9-7-8-10-12-14-16-19-25-30-35-36(44)34(31-47-35)43-37(45)38(46-3,39(40,41)42)33-28-23-20-24-29-33/h8,10,20,23-24,28-29,32,34-36,44H,4-7,9,11-19,21-22,25-27,30-31H2,1-3H3,(H,43,45)/b10-8-/t32?,34-,35-,36-,38-/m0/s1. The molecule has 1 aliphatic rings. The number of nitrogens with one attached hydrogen (secondary N) is 1. The SMILES string of the molecule is CCCCCCCC(C)CCCCCCCC/C=C\CCCCCC[C@@H]1OC[C@H](NC(=O)[C@@](OC)(c2ccccc2)C(F)(F)F)[C@@H]1O. The minimum atomic E-state index is -5.00. The molecule has 1 amide bonds. The van der Waals surface area contributed by atoms with Crippen molar-refractivity contribution in [1.29, 1.82) is 0 Å². The lowest BCUT2D eigenvalue weighted by atomic mass is 9.91. The monoisotopic (exact) mass is 667 g/mol. The molecule has 1 aromatic rings. The van der Waals surface area contributed by atoms with Gasteiger partial charge in [-0.25, -0.2) is 0 Å².